The van der Waals surface area contributed by atoms with Gasteiger partial charge in [0.05, 0.1) is 6.07 Å². The first-order chi connectivity index (χ1) is 11.0. The Balaban J connectivity index is 4.79. The Morgan fingerprint density at radius 3 is 2.46 bits per heavy atom. The highest BCUT2D eigenvalue weighted by Crippen LogP contribution is 2.37. The van der Waals surface area contributed by atoms with Crippen molar-refractivity contribution in [2.45, 2.75) is 70.9 Å². The molecule has 0 radical (unpaired) electrons. The third-order valence-corrected chi connectivity index (χ3v) is 8.94. The fourth-order valence-corrected chi connectivity index (χ4v) is 3.43. The van der Waals surface area contributed by atoms with Crippen molar-refractivity contribution in [1.82, 2.24) is 0 Å². The smallest absolute Gasteiger partial charge is 0.321 e. The molecule has 0 aliphatic carbocycles. The molecule has 24 heavy (non-hydrogen) atoms. The van der Waals surface area contributed by atoms with Crippen LogP contribution in [0.15, 0.2) is 24.3 Å². The van der Waals surface area contributed by atoms with Crippen LogP contribution in [0.25, 0.3) is 0 Å². The SMILES string of the molecule is C[C@H](C[C@@H](C/C=C\C=C/C#N)OC(=O)CCl)O[Si](C)(C)C(C)(C)C. The van der Waals surface area contributed by atoms with E-state index in [0.717, 1.165) is 0 Å². The van der Waals surface area contributed by atoms with Gasteiger partial charge in [0.15, 0.2) is 8.32 Å². The molecule has 0 aliphatic rings. The van der Waals surface area contributed by atoms with Crippen molar-refractivity contribution in [3.63, 3.8) is 0 Å². The molecule has 0 fully saturated rings. The van der Waals surface area contributed by atoms with Gasteiger partial charge < -0.3 is 9.16 Å². The summed E-state index contributed by atoms with van der Waals surface area (Å²) >= 11 is 5.54. The van der Waals surface area contributed by atoms with Crippen LogP contribution >= 0.6 is 11.6 Å². The molecule has 6 heteroatoms. The average molecular weight is 372 g/mol. The van der Waals surface area contributed by atoms with Gasteiger partial charge >= 0.3 is 5.97 Å². The molecule has 0 spiro atoms. The van der Waals surface area contributed by atoms with Gasteiger partial charge in [-0.25, -0.2) is 0 Å². The van der Waals surface area contributed by atoms with Crippen molar-refractivity contribution in [1.29, 1.82) is 5.26 Å². The van der Waals surface area contributed by atoms with Gasteiger partial charge in [0.2, 0.25) is 0 Å². The largest absolute Gasteiger partial charge is 0.461 e. The molecule has 0 saturated heterocycles. The molecule has 0 rings (SSSR count). The molecule has 0 saturated carbocycles. The number of hydrogen-bond donors (Lipinski definition) is 0. The van der Waals surface area contributed by atoms with Gasteiger partial charge in [-0.2, -0.15) is 5.26 Å². The topological polar surface area (TPSA) is 59.3 Å². The number of rotatable bonds is 9. The lowest BCUT2D eigenvalue weighted by Gasteiger charge is -2.39. The summed E-state index contributed by atoms with van der Waals surface area (Å²) in [6, 6.07) is 1.92. The zero-order chi connectivity index (χ0) is 18.8. The Bertz CT molecular complexity index is 489. The Labute approximate surface area is 152 Å². The zero-order valence-electron chi connectivity index (χ0n) is 15.6. The van der Waals surface area contributed by atoms with Crippen LogP contribution < -0.4 is 0 Å². The molecule has 136 valence electrons. The highest BCUT2D eigenvalue weighted by Gasteiger charge is 2.38. The van der Waals surface area contributed by atoms with E-state index in [-0.39, 0.29) is 23.1 Å². The van der Waals surface area contributed by atoms with Gasteiger partial charge in [0, 0.05) is 25.0 Å². The number of carbonyl (C=O) groups is 1. The molecule has 0 N–H and O–H groups in total. The monoisotopic (exact) mass is 371 g/mol. The first-order valence-electron chi connectivity index (χ1n) is 8.18. The van der Waals surface area contributed by atoms with Crippen LogP contribution in [0.4, 0.5) is 0 Å². The van der Waals surface area contributed by atoms with Crippen molar-refractivity contribution >= 4 is 25.9 Å². The third-order valence-electron chi connectivity index (χ3n) is 4.12. The fourth-order valence-electron chi connectivity index (χ4n) is 1.92. The number of halogens is 1. The second kappa shape index (κ2) is 10.7. The molecule has 0 unspecified atom stereocenters. The van der Waals surface area contributed by atoms with Gasteiger partial charge in [-0.1, -0.05) is 39.0 Å². The van der Waals surface area contributed by atoms with Gasteiger partial charge in [-0.15, -0.1) is 11.6 Å². The number of nitrogens with zero attached hydrogens (tertiary/aromatic N) is 1. The van der Waals surface area contributed by atoms with E-state index in [1.807, 2.05) is 19.1 Å². The maximum absolute atomic E-state index is 11.5. The number of allylic oxidation sites excluding steroid dienone is 3. The Morgan fingerprint density at radius 2 is 1.96 bits per heavy atom. The van der Waals surface area contributed by atoms with Crippen LogP contribution in [0.2, 0.25) is 18.1 Å². The van der Waals surface area contributed by atoms with Crippen LogP contribution in [-0.4, -0.2) is 32.4 Å². The van der Waals surface area contributed by atoms with Crippen molar-refractivity contribution in [2.75, 3.05) is 5.88 Å². The van der Waals surface area contributed by atoms with E-state index in [9.17, 15) is 4.79 Å². The number of ether oxygens (including phenoxy) is 1. The lowest BCUT2D eigenvalue weighted by atomic mass is 10.1. The van der Waals surface area contributed by atoms with E-state index < -0.39 is 14.3 Å². The van der Waals surface area contributed by atoms with Crippen LogP contribution in [0.3, 0.4) is 0 Å². The van der Waals surface area contributed by atoms with E-state index in [0.29, 0.717) is 12.8 Å². The minimum atomic E-state index is -1.86. The second-order valence-corrected chi connectivity index (χ2v) is 12.3. The molecule has 0 amide bonds. The molecule has 0 heterocycles. The quantitative estimate of drug-likeness (QED) is 0.189. The maximum Gasteiger partial charge on any atom is 0.321 e. The third kappa shape index (κ3) is 9.26. The van der Waals surface area contributed by atoms with Crippen molar-refractivity contribution < 1.29 is 14.0 Å². The molecule has 4 nitrogen and oxygen atoms in total. The zero-order valence-corrected chi connectivity index (χ0v) is 17.4. The molecule has 0 aromatic carbocycles. The summed E-state index contributed by atoms with van der Waals surface area (Å²) in [6.45, 7) is 13.0. The standard InChI is InChI=1S/C18H30ClNO3Si/c1-15(23-24(5,6)18(2,3)4)13-16(22-17(21)14-19)11-9-7-8-10-12-20/h7-10,15-16H,11,13-14H2,1-6H3/b9-7-,10-8-/t15-,16-/m1/s1. The van der Waals surface area contributed by atoms with Crippen molar-refractivity contribution in [3.05, 3.63) is 24.3 Å². The fraction of sp³-hybridized carbons (Fsp3) is 0.667. The number of hydrogen-bond acceptors (Lipinski definition) is 4. The lowest BCUT2D eigenvalue weighted by molar-refractivity contribution is -0.146. The van der Waals surface area contributed by atoms with E-state index >= 15 is 0 Å². The van der Waals surface area contributed by atoms with E-state index in [1.54, 1.807) is 12.2 Å². The summed E-state index contributed by atoms with van der Waals surface area (Å²) in [5.41, 5.74) is 0. The predicted molar refractivity (Wildman–Crippen MR) is 101 cm³/mol. The summed E-state index contributed by atoms with van der Waals surface area (Å²) in [5, 5.41) is 8.58. The highest BCUT2D eigenvalue weighted by molar-refractivity contribution is 6.74. The van der Waals surface area contributed by atoms with Crippen molar-refractivity contribution in [2.24, 2.45) is 0 Å². The molecular formula is C18H30ClNO3Si. The van der Waals surface area contributed by atoms with Crippen LogP contribution in [-0.2, 0) is 14.0 Å². The second-order valence-electron chi connectivity index (χ2n) is 7.32. The van der Waals surface area contributed by atoms with Crippen LogP contribution in [0, 0.1) is 11.3 Å². The number of nitriles is 1. The minimum Gasteiger partial charge on any atom is -0.461 e. The van der Waals surface area contributed by atoms with Crippen molar-refractivity contribution in [3.8, 4) is 6.07 Å². The summed E-state index contributed by atoms with van der Waals surface area (Å²) in [5.74, 6) is -0.589. The first-order valence-corrected chi connectivity index (χ1v) is 11.6. The predicted octanol–water partition coefficient (Wildman–Crippen LogP) is 4.96. The minimum absolute atomic E-state index is 0.0120. The Morgan fingerprint density at radius 1 is 1.33 bits per heavy atom. The summed E-state index contributed by atoms with van der Waals surface area (Å²) in [6.07, 6.45) is 7.55. The number of alkyl halides is 1. The molecule has 0 aromatic heterocycles. The number of esters is 1. The van der Waals surface area contributed by atoms with Crippen LogP contribution in [0.5, 0.6) is 0 Å². The lowest BCUT2D eigenvalue weighted by Crippen LogP contribution is -2.44. The Hall–Kier alpha value is -1.09. The van der Waals surface area contributed by atoms with E-state index in [4.69, 9.17) is 26.0 Å². The Kier molecular flexibility index (Phi) is 10.2. The molecule has 0 bridgehead atoms. The maximum atomic E-state index is 11.5. The normalized spacial score (nSPS) is 15.4. The van der Waals surface area contributed by atoms with Crippen LogP contribution in [0.1, 0.15) is 40.5 Å². The van der Waals surface area contributed by atoms with Gasteiger partial charge in [0.1, 0.15) is 12.0 Å². The average Bonchev–Trinajstić information content (AvgIpc) is 2.44. The summed E-state index contributed by atoms with van der Waals surface area (Å²) < 4.78 is 11.7. The van der Waals surface area contributed by atoms with Gasteiger partial charge in [-0.3, -0.25) is 4.79 Å². The first kappa shape index (κ1) is 22.9. The van der Waals surface area contributed by atoms with Gasteiger partial charge in [0.25, 0.3) is 0 Å². The summed E-state index contributed by atoms with van der Waals surface area (Å²) in [7, 11) is -1.86. The highest BCUT2D eigenvalue weighted by atomic mass is 35.5. The van der Waals surface area contributed by atoms with E-state index in [1.165, 1.54) is 6.08 Å². The summed E-state index contributed by atoms with van der Waals surface area (Å²) in [4.78, 5) is 11.5. The molecule has 0 aliphatic heterocycles. The molecule has 0 aromatic rings. The molecular weight excluding hydrogens is 342 g/mol. The van der Waals surface area contributed by atoms with Gasteiger partial charge in [-0.05, 0) is 25.1 Å². The van der Waals surface area contributed by atoms with E-state index in [2.05, 4.69) is 33.9 Å². The number of carbonyl (C=O) groups excluding carboxylic acids is 1. The molecule has 2 atom stereocenters.